The van der Waals surface area contributed by atoms with Gasteiger partial charge in [-0.3, -0.25) is 4.68 Å². The summed E-state index contributed by atoms with van der Waals surface area (Å²) in [6.45, 7) is 0. The molecule has 90 valence electrons. The number of nitrogens with zero attached hydrogens (tertiary/aromatic N) is 2. The topological polar surface area (TPSA) is 38.0 Å². The Morgan fingerprint density at radius 1 is 1.53 bits per heavy atom. The molecular formula is C12H12BrClN2O. The highest BCUT2D eigenvalue weighted by molar-refractivity contribution is 9.10. The highest BCUT2D eigenvalue weighted by Gasteiger charge is 2.12. The van der Waals surface area contributed by atoms with Crippen molar-refractivity contribution >= 4 is 27.5 Å². The molecule has 1 N–H and O–H groups in total. The van der Waals surface area contributed by atoms with Gasteiger partial charge in [-0.25, -0.2) is 0 Å². The predicted molar refractivity (Wildman–Crippen MR) is 71.0 cm³/mol. The van der Waals surface area contributed by atoms with Crippen LogP contribution in [-0.4, -0.2) is 14.9 Å². The average molecular weight is 316 g/mol. The summed E-state index contributed by atoms with van der Waals surface area (Å²) in [4.78, 5) is 0. The van der Waals surface area contributed by atoms with Crippen LogP contribution in [-0.2, 0) is 13.5 Å². The first kappa shape index (κ1) is 12.6. The minimum atomic E-state index is -0.581. The molecule has 2 aromatic rings. The Kier molecular flexibility index (Phi) is 3.86. The van der Waals surface area contributed by atoms with E-state index < -0.39 is 6.10 Å². The first-order valence-corrected chi connectivity index (χ1v) is 6.34. The van der Waals surface area contributed by atoms with Crippen LogP contribution in [0.15, 0.2) is 35.1 Å². The molecule has 0 saturated carbocycles. The van der Waals surface area contributed by atoms with Crippen LogP contribution >= 0.6 is 27.5 Å². The number of hydrogen-bond donors (Lipinski definition) is 1. The standard InChI is InChI=1S/C12H12BrClN2O/c1-16-7-9(6-15-16)12(17)4-8-2-3-10(13)5-11(8)14/h2-3,5-7,12,17H,4H2,1H3. The molecule has 3 nitrogen and oxygen atoms in total. The quantitative estimate of drug-likeness (QED) is 0.945. The van der Waals surface area contributed by atoms with Gasteiger partial charge in [-0.2, -0.15) is 5.10 Å². The first-order chi connectivity index (χ1) is 8.06. The zero-order valence-electron chi connectivity index (χ0n) is 9.27. The summed E-state index contributed by atoms with van der Waals surface area (Å²) >= 11 is 9.45. The number of hydrogen-bond acceptors (Lipinski definition) is 2. The third-order valence-electron chi connectivity index (χ3n) is 2.54. The number of aliphatic hydroxyl groups excluding tert-OH is 1. The highest BCUT2D eigenvalue weighted by Crippen LogP contribution is 2.26. The zero-order valence-corrected chi connectivity index (χ0v) is 11.6. The van der Waals surface area contributed by atoms with E-state index in [0.717, 1.165) is 15.6 Å². The van der Waals surface area contributed by atoms with E-state index in [9.17, 15) is 5.11 Å². The molecule has 0 amide bonds. The fourth-order valence-electron chi connectivity index (χ4n) is 1.63. The van der Waals surface area contributed by atoms with Crippen molar-refractivity contribution in [3.63, 3.8) is 0 Å². The molecule has 2 rings (SSSR count). The van der Waals surface area contributed by atoms with E-state index >= 15 is 0 Å². The van der Waals surface area contributed by atoms with E-state index in [1.807, 2.05) is 25.2 Å². The fraction of sp³-hybridized carbons (Fsp3) is 0.250. The van der Waals surface area contributed by atoms with Crippen molar-refractivity contribution in [2.24, 2.45) is 7.05 Å². The molecule has 0 bridgehead atoms. The van der Waals surface area contributed by atoms with Crippen molar-refractivity contribution in [1.29, 1.82) is 0 Å². The van der Waals surface area contributed by atoms with Gasteiger partial charge >= 0.3 is 0 Å². The molecule has 0 radical (unpaired) electrons. The Morgan fingerprint density at radius 2 is 2.29 bits per heavy atom. The smallest absolute Gasteiger partial charge is 0.0861 e. The predicted octanol–water partition coefficient (Wildman–Crippen LogP) is 3.11. The summed E-state index contributed by atoms with van der Waals surface area (Å²) in [6.07, 6.45) is 3.37. The largest absolute Gasteiger partial charge is 0.388 e. The lowest BCUT2D eigenvalue weighted by Gasteiger charge is -2.10. The minimum absolute atomic E-state index is 0.484. The maximum absolute atomic E-state index is 10.1. The van der Waals surface area contributed by atoms with Gasteiger partial charge in [0.25, 0.3) is 0 Å². The van der Waals surface area contributed by atoms with Crippen LogP contribution in [0.4, 0.5) is 0 Å². The van der Waals surface area contributed by atoms with Gasteiger partial charge in [0.05, 0.1) is 12.3 Å². The third-order valence-corrected chi connectivity index (χ3v) is 3.38. The van der Waals surface area contributed by atoms with E-state index in [1.54, 1.807) is 17.1 Å². The second-order valence-electron chi connectivity index (χ2n) is 3.90. The fourth-order valence-corrected chi connectivity index (χ4v) is 2.38. The molecule has 1 atom stereocenters. The number of aromatic nitrogens is 2. The molecule has 17 heavy (non-hydrogen) atoms. The summed E-state index contributed by atoms with van der Waals surface area (Å²) in [5.41, 5.74) is 1.72. The molecular weight excluding hydrogens is 304 g/mol. The molecule has 0 aliphatic carbocycles. The molecule has 0 aliphatic heterocycles. The number of aryl methyl sites for hydroxylation is 1. The van der Waals surface area contributed by atoms with Crippen LogP contribution in [0.3, 0.4) is 0 Å². The summed E-state index contributed by atoms with van der Waals surface area (Å²) in [5.74, 6) is 0. The summed E-state index contributed by atoms with van der Waals surface area (Å²) in [7, 11) is 1.82. The second kappa shape index (κ2) is 5.21. The Labute approximate surface area is 113 Å². The number of rotatable bonds is 3. The van der Waals surface area contributed by atoms with Gasteiger partial charge in [0.15, 0.2) is 0 Å². The van der Waals surface area contributed by atoms with Crippen LogP contribution in [0.2, 0.25) is 5.02 Å². The summed E-state index contributed by atoms with van der Waals surface area (Å²) < 4.78 is 2.60. The number of aliphatic hydroxyl groups is 1. The minimum Gasteiger partial charge on any atom is -0.388 e. The SMILES string of the molecule is Cn1cc(C(O)Cc2ccc(Br)cc2Cl)cn1. The lowest BCUT2D eigenvalue weighted by Crippen LogP contribution is -2.01. The van der Waals surface area contributed by atoms with E-state index in [4.69, 9.17) is 11.6 Å². The maximum atomic E-state index is 10.1. The molecule has 1 aromatic carbocycles. The monoisotopic (exact) mass is 314 g/mol. The van der Waals surface area contributed by atoms with Crippen molar-refractivity contribution < 1.29 is 5.11 Å². The van der Waals surface area contributed by atoms with Gasteiger partial charge in [-0.1, -0.05) is 33.6 Å². The van der Waals surface area contributed by atoms with Crippen LogP contribution < -0.4 is 0 Å². The average Bonchev–Trinajstić information content (AvgIpc) is 2.69. The van der Waals surface area contributed by atoms with Gasteiger partial charge in [0.2, 0.25) is 0 Å². The van der Waals surface area contributed by atoms with Gasteiger partial charge in [-0.05, 0) is 17.7 Å². The number of benzene rings is 1. The Bertz CT molecular complexity index is 527. The highest BCUT2D eigenvalue weighted by atomic mass is 79.9. The van der Waals surface area contributed by atoms with Crippen LogP contribution in [0.5, 0.6) is 0 Å². The van der Waals surface area contributed by atoms with Crippen LogP contribution in [0.1, 0.15) is 17.2 Å². The molecule has 1 unspecified atom stereocenters. The van der Waals surface area contributed by atoms with Crippen molar-refractivity contribution in [1.82, 2.24) is 9.78 Å². The van der Waals surface area contributed by atoms with E-state index in [0.29, 0.717) is 11.4 Å². The van der Waals surface area contributed by atoms with E-state index in [2.05, 4.69) is 21.0 Å². The normalized spacial score (nSPS) is 12.7. The maximum Gasteiger partial charge on any atom is 0.0861 e. The van der Waals surface area contributed by atoms with Crippen molar-refractivity contribution in [2.45, 2.75) is 12.5 Å². The van der Waals surface area contributed by atoms with E-state index in [1.165, 1.54) is 0 Å². The van der Waals surface area contributed by atoms with Crippen molar-refractivity contribution in [3.05, 3.63) is 51.2 Å². The molecule has 1 heterocycles. The first-order valence-electron chi connectivity index (χ1n) is 5.17. The number of halogens is 2. The zero-order chi connectivity index (χ0) is 12.4. The molecule has 0 fully saturated rings. The van der Waals surface area contributed by atoms with Crippen molar-refractivity contribution in [2.75, 3.05) is 0 Å². The van der Waals surface area contributed by atoms with Crippen molar-refractivity contribution in [3.8, 4) is 0 Å². The molecule has 1 aromatic heterocycles. The third kappa shape index (κ3) is 3.09. The molecule has 0 aliphatic rings. The summed E-state index contributed by atoms with van der Waals surface area (Å²) in [6, 6.07) is 5.65. The molecule has 0 spiro atoms. The van der Waals surface area contributed by atoms with Gasteiger partial charge in [0, 0.05) is 34.7 Å². The Balaban J connectivity index is 2.15. The molecule has 0 saturated heterocycles. The van der Waals surface area contributed by atoms with Gasteiger partial charge < -0.3 is 5.11 Å². The van der Waals surface area contributed by atoms with Gasteiger partial charge in [0.1, 0.15) is 0 Å². The van der Waals surface area contributed by atoms with E-state index in [-0.39, 0.29) is 0 Å². The summed E-state index contributed by atoms with van der Waals surface area (Å²) in [5, 5.41) is 14.7. The lowest BCUT2D eigenvalue weighted by atomic mass is 10.0. The molecule has 5 heteroatoms. The van der Waals surface area contributed by atoms with Gasteiger partial charge in [-0.15, -0.1) is 0 Å². The Hall–Kier alpha value is -0.840. The van der Waals surface area contributed by atoms with Crippen LogP contribution in [0.25, 0.3) is 0 Å². The Morgan fingerprint density at radius 3 is 2.88 bits per heavy atom. The van der Waals surface area contributed by atoms with Crippen LogP contribution in [0, 0.1) is 0 Å². The lowest BCUT2D eigenvalue weighted by molar-refractivity contribution is 0.178. The second-order valence-corrected chi connectivity index (χ2v) is 5.23.